The van der Waals surface area contributed by atoms with Gasteiger partial charge in [0, 0.05) is 11.3 Å². The van der Waals surface area contributed by atoms with E-state index in [4.69, 9.17) is 15.6 Å². The smallest absolute Gasteiger partial charge is 0.405 e. The molecule has 22 heavy (non-hydrogen) atoms. The van der Waals surface area contributed by atoms with E-state index in [0.29, 0.717) is 5.69 Å². The highest BCUT2D eigenvalue weighted by molar-refractivity contribution is 5.66. The van der Waals surface area contributed by atoms with Crippen LogP contribution in [0.5, 0.6) is 5.75 Å². The number of rotatable bonds is 4. The van der Waals surface area contributed by atoms with Crippen molar-refractivity contribution in [3.63, 3.8) is 0 Å². The van der Waals surface area contributed by atoms with E-state index in [9.17, 15) is 4.79 Å². The van der Waals surface area contributed by atoms with Crippen molar-refractivity contribution in [2.75, 3.05) is 5.73 Å². The molecule has 0 spiro atoms. The van der Waals surface area contributed by atoms with Crippen molar-refractivity contribution < 1.29 is 14.6 Å². The molecule has 0 heterocycles. The number of benzene rings is 1. The molecule has 1 aliphatic carbocycles. The number of carboxylic acid groups (broad SMARTS) is 1. The van der Waals surface area contributed by atoms with Gasteiger partial charge in [0.1, 0.15) is 5.75 Å². The molecule has 1 saturated carbocycles. The number of hydrogen-bond acceptors (Lipinski definition) is 3. The van der Waals surface area contributed by atoms with Crippen LogP contribution in [-0.2, 0) is 0 Å². The van der Waals surface area contributed by atoms with Crippen LogP contribution in [0.2, 0.25) is 0 Å². The highest BCUT2D eigenvalue weighted by Crippen LogP contribution is 2.37. The molecule has 1 amide bonds. The zero-order chi connectivity index (χ0) is 16.3. The lowest BCUT2D eigenvalue weighted by molar-refractivity contribution is 0.174. The topological polar surface area (TPSA) is 84.6 Å². The van der Waals surface area contributed by atoms with E-state index < -0.39 is 12.1 Å². The maximum atomic E-state index is 11.1. The Morgan fingerprint density at radius 1 is 1.36 bits per heavy atom. The molecular formula is C17H26N2O3. The van der Waals surface area contributed by atoms with Crippen molar-refractivity contribution in [2.45, 2.75) is 58.6 Å². The van der Waals surface area contributed by atoms with Crippen LogP contribution >= 0.6 is 0 Å². The van der Waals surface area contributed by atoms with Gasteiger partial charge in [0.15, 0.2) is 0 Å². The fourth-order valence-electron chi connectivity index (χ4n) is 2.96. The van der Waals surface area contributed by atoms with E-state index >= 15 is 0 Å². The predicted octanol–water partition coefficient (Wildman–Crippen LogP) is 3.95. The van der Waals surface area contributed by atoms with Gasteiger partial charge >= 0.3 is 6.09 Å². The molecule has 0 saturated heterocycles. The molecular weight excluding hydrogens is 280 g/mol. The van der Waals surface area contributed by atoms with E-state index in [-0.39, 0.29) is 11.5 Å². The number of nitrogens with one attached hydrogen (secondary N) is 1. The van der Waals surface area contributed by atoms with Crippen molar-refractivity contribution >= 4 is 11.8 Å². The van der Waals surface area contributed by atoms with Crippen molar-refractivity contribution in [1.29, 1.82) is 0 Å². The maximum absolute atomic E-state index is 11.1. The molecule has 5 heteroatoms. The first-order valence-corrected chi connectivity index (χ1v) is 7.83. The Hall–Kier alpha value is -1.91. The van der Waals surface area contributed by atoms with Crippen molar-refractivity contribution in [1.82, 2.24) is 5.32 Å². The number of amides is 1. The Kier molecular flexibility index (Phi) is 4.84. The average Bonchev–Trinajstić information content (AvgIpc) is 2.90. The van der Waals surface area contributed by atoms with Gasteiger partial charge in [-0.2, -0.15) is 0 Å². The van der Waals surface area contributed by atoms with Gasteiger partial charge in [0.05, 0.1) is 12.1 Å². The normalized spacial score (nSPS) is 17.2. The van der Waals surface area contributed by atoms with Gasteiger partial charge in [-0.3, -0.25) is 0 Å². The van der Waals surface area contributed by atoms with Gasteiger partial charge in [-0.25, -0.2) is 4.79 Å². The first kappa shape index (κ1) is 16.5. The summed E-state index contributed by atoms with van der Waals surface area (Å²) in [5.41, 5.74) is 7.13. The van der Waals surface area contributed by atoms with Gasteiger partial charge in [0.2, 0.25) is 0 Å². The van der Waals surface area contributed by atoms with Gasteiger partial charge in [-0.05, 0) is 49.3 Å². The summed E-state index contributed by atoms with van der Waals surface area (Å²) in [6.07, 6.45) is 3.78. The summed E-state index contributed by atoms with van der Waals surface area (Å²) >= 11 is 0. The zero-order valence-electron chi connectivity index (χ0n) is 13.6. The number of nitrogen functional groups attached to an aromatic ring is 1. The lowest BCUT2D eigenvalue weighted by Crippen LogP contribution is -2.36. The van der Waals surface area contributed by atoms with Gasteiger partial charge in [0.25, 0.3) is 0 Å². The Labute approximate surface area is 131 Å². The fraction of sp³-hybridized carbons (Fsp3) is 0.588. The third-order valence-corrected chi connectivity index (χ3v) is 4.11. The number of ether oxygens (including phenoxy) is 1. The third kappa shape index (κ3) is 4.06. The Morgan fingerprint density at radius 3 is 2.55 bits per heavy atom. The SMILES string of the molecule is CC(C)(C)C(NC(=O)O)c1cc(OC2CCCC2)ccc1N. The molecule has 1 aliphatic rings. The van der Waals surface area contributed by atoms with Crippen LogP contribution in [0.1, 0.15) is 58.1 Å². The van der Waals surface area contributed by atoms with Gasteiger partial charge in [-0.15, -0.1) is 0 Å². The third-order valence-electron chi connectivity index (χ3n) is 4.11. The summed E-state index contributed by atoms with van der Waals surface area (Å²) in [5.74, 6) is 0.762. The second kappa shape index (κ2) is 6.46. The molecule has 0 bridgehead atoms. The average molecular weight is 306 g/mol. The van der Waals surface area contributed by atoms with Crippen LogP contribution < -0.4 is 15.8 Å². The van der Waals surface area contributed by atoms with E-state index in [1.54, 1.807) is 6.07 Å². The largest absolute Gasteiger partial charge is 0.490 e. The molecule has 1 aromatic carbocycles. The predicted molar refractivity (Wildman–Crippen MR) is 87.1 cm³/mol. The standard InChI is InChI=1S/C17H26N2O3/c1-17(2,3)15(19-16(20)21)13-10-12(8-9-14(13)18)22-11-6-4-5-7-11/h8-11,15,19H,4-7,18H2,1-3H3,(H,20,21). The summed E-state index contributed by atoms with van der Waals surface area (Å²) in [6, 6.07) is 5.14. The van der Waals surface area contributed by atoms with Crippen LogP contribution in [-0.4, -0.2) is 17.3 Å². The Balaban J connectivity index is 2.28. The second-order valence-corrected chi connectivity index (χ2v) is 7.06. The fourth-order valence-corrected chi connectivity index (χ4v) is 2.96. The molecule has 5 nitrogen and oxygen atoms in total. The Bertz CT molecular complexity index is 531. The minimum absolute atomic E-state index is 0.261. The molecule has 2 rings (SSSR count). The van der Waals surface area contributed by atoms with E-state index in [1.165, 1.54) is 12.8 Å². The summed E-state index contributed by atoms with van der Waals surface area (Å²) < 4.78 is 6.01. The number of nitrogens with two attached hydrogens (primary N) is 1. The number of anilines is 1. The van der Waals surface area contributed by atoms with Crippen molar-refractivity contribution in [3.8, 4) is 5.75 Å². The molecule has 0 aromatic heterocycles. The molecule has 4 N–H and O–H groups in total. The quantitative estimate of drug-likeness (QED) is 0.735. The molecule has 1 fully saturated rings. The van der Waals surface area contributed by atoms with Crippen LogP contribution in [0.15, 0.2) is 18.2 Å². The van der Waals surface area contributed by atoms with E-state index in [1.807, 2.05) is 32.9 Å². The van der Waals surface area contributed by atoms with E-state index in [0.717, 1.165) is 24.2 Å². The van der Waals surface area contributed by atoms with E-state index in [2.05, 4.69) is 5.32 Å². The molecule has 1 aromatic rings. The van der Waals surface area contributed by atoms with Crippen LogP contribution in [0, 0.1) is 5.41 Å². The lowest BCUT2D eigenvalue weighted by atomic mass is 9.81. The number of carbonyl (C=O) groups is 1. The minimum atomic E-state index is -1.05. The van der Waals surface area contributed by atoms with Crippen molar-refractivity contribution in [3.05, 3.63) is 23.8 Å². The summed E-state index contributed by atoms with van der Waals surface area (Å²) in [4.78, 5) is 11.1. The lowest BCUT2D eigenvalue weighted by Gasteiger charge is -2.32. The molecule has 0 radical (unpaired) electrons. The summed E-state index contributed by atoms with van der Waals surface area (Å²) in [7, 11) is 0. The Morgan fingerprint density at radius 2 is 2.00 bits per heavy atom. The zero-order valence-corrected chi connectivity index (χ0v) is 13.6. The highest BCUT2D eigenvalue weighted by atomic mass is 16.5. The number of hydrogen-bond donors (Lipinski definition) is 3. The van der Waals surface area contributed by atoms with Crippen LogP contribution in [0.3, 0.4) is 0 Å². The molecule has 1 atom stereocenters. The van der Waals surface area contributed by atoms with Gasteiger partial charge in [-0.1, -0.05) is 20.8 Å². The molecule has 122 valence electrons. The van der Waals surface area contributed by atoms with Crippen LogP contribution in [0.25, 0.3) is 0 Å². The maximum Gasteiger partial charge on any atom is 0.405 e. The monoisotopic (exact) mass is 306 g/mol. The van der Waals surface area contributed by atoms with Gasteiger partial charge < -0.3 is 20.9 Å². The summed E-state index contributed by atoms with van der Waals surface area (Å²) in [5, 5.41) is 11.7. The van der Waals surface area contributed by atoms with Crippen molar-refractivity contribution in [2.24, 2.45) is 5.41 Å². The first-order valence-electron chi connectivity index (χ1n) is 7.83. The first-order chi connectivity index (χ1) is 10.3. The second-order valence-electron chi connectivity index (χ2n) is 7.06. The summed E-state index contributed by atoms with van der Waals surface area (Å²) in [6.45, 7) is 5.95. The van der Waals surface area contributed by atoms with Crippen LogP contribution in [0.4, 0.5) is 10.5 Å². The highest BCUT2D eigenvalue weighted by Gasteiger charge is 2.30. The molecule has 0 aliphatic heterocycles. The molecule has 1 unspecified atom stereocenters. The minimum Gasteiger partial charge on any atom is -0.490 e.